The molecule has 29 heavy (non-hydrogen) atoms. The predicted octanol–water partition coefficient (Wildman–Crippen LogP) is 0.606. The number of aliphatic hydroxyl groups is 1. The van der Waals surface area contributed by atoms with E-state index in [-0.39, 0.29) is 23.6 Å². The fraction of sp³-hybridized carbons (Fsp3) is 0.600. The molecule has 1 aromatic carbocycles. The minimum atomic E-state index is -1.40. The lowest BCUT2D eigenvalue weighted by Crippen LogP contribution is -2.48. The van der Waals surface area contributed by atoms with E-state index in [2.05, 4.69) is 10.3 Å². The van der Waals surface area contributed by atoms with Crippen molar-refractivity contribution in [2.75, 3.05) is 0 Å². The van der Waals surface area contributed by atoms with Crippen LogP contribution in [0, 0.1) is 0 Å². The van der Waals surface area contributed by atoms with Crippen LogP contribution in [0.1, 0.15) is 67.3 Å². The number of aliphatic imine (C=N–C) groups is 1. The van der Waals surface area contributed by atoms with Gasteiger partial charge < -0.3 is 31.9 Å². The summed E-state index contributed by atoms with van der Waals surface area (Å²) in [5.74, 6) is -0.417. The number of nitrogens with one attached hydrogen (secondary N) is 1. The minimum absolute atomic E-state index is 0.117. The van der Waals surface area contributed by atoms with Crippen LogP contribution < -0.4 is 16.8 Å². The molecule has 4 rings (SSSR count). The van der Waals surface area contributed by atoms with Gasteiger partial charge >= 0.3 is 7.12 Å². The van der Waals surface area contributed by atoms with E-state index in [1.807, 2.05) is 24.3 Å². The number of hydrogen-bond donors (Lipinski definition) is 6. The summed E-state index contributed by atoms with van der Waals surface area (Å²) in [6.07, 6.45) is 5.89. The van der Waals surface area contributed by atoms with Crippen molar-refractivity contribution in [1.82, 2.24) is 5.32 Å². The lowest BCUT2D eigenvalue weighted by molar-refractivity contribution is -0.0660. The molecule has 0 heterocycles. The second-order valence-electron chi connectivity index (χ2n) is 8.54. The maximum Gasteiger partial charge on any atom is 0.451 e. The number of rotatable bonds is 8. The number of benzene rings is 1. The van der Waals surface area contributed by atoms with Crippen LogP contribution >= 0.6 is 0 Å². The van der Waals surface area contributed by atoms with Gasteiger partial charge in [-0.2, -0.15) is 0 Å². The first-order valence-electron chi connectivity index (χ1n) is 10.3. The van der Waals surface area contributed by atoms with E-state index in [9.17, 15) is 9.90 Å². The minimum Gasteiger partial charge on any atom is -0.427 e. The van der Waals surface area contributed by atoms with Gasteiger partial charge in [-0.25, -0.2) is 4.99 Å². The number of guanidine groups is 1. The largest absolute Gasteiger partial charge is 0.451 e. The second kappa shape index (κ2) is 8.73. The molecule has 8 nitrogen and oxygen atoms in total. The Hall–Kier alpha value is -2.10. The van der Waals surface area contributed by atoms with Gasteiger partial charge in [0.2, 0.25) is 0 Å². The van der Waals surface area contributed by atoms with Gasteiger partial charge in [-0.3, -0.25) is 4.79 Å². The van der Waals surface area contributed by atoms with Crippen LogP contribution in [-0.4, -0.2) is 45.9 Å². The number of carbonyl (C=O) groups excluding carboxylic acids is 1. The smallest absolute Gasteiger partial charge is 0.427 e. The molecule has 3 aliphatic rings. The maximum atomic E-state index is 12.6. The van der Waals surface area contributed by atoms with Crippen molar-refractivity contribution in [3.8, 4) is 0 Å². The van der Waals surface area contributed by atoms with Crippen molar-refractivity contribution in [3.63, 3.8) is 0 Å². The Morgan fingerprint density at radius 3 is 2.21 bits per heavy atom. The van der Waals surface area contributed by atoms with Crippen molar-refractivity contribution in [3.05, 3.63) is 35.4 Å². The fourth-order valence-electron chi connectivity index (χ4n) is 4.65. The van der Waals surface area contributed by atoms with E-state index in [1.165, 1.54) is 5.56 Å². The quantitative estimate of drug-likeness (QED) is 0.213. The number of carbonyl (C=O) groups is 1. The summed E-state index contributed by atoms with van der Waals surface area (Å²) < 4.78 is 0. The van der Waals surface area contributed by atoms with Crippen molar-refractivity contribution >= 4 is 19.0 Å². The van der Waals surface area contributed by atoms with Gasteiger partial charge in [-0.05, 0) is 74.4 Å². The predicted molar refractivity (Wildman–Crippen MR) is 112 cm³/mol. The van der Waals surface area contributed by atoms with E-state index in [1.54, 1.807) is 0 Å². The maximum absolute atomic E-state index is 12.6. The van der Waals surface area contributed by atoms with Gasteiger partial charge in [0.1, 0.15) is 6.17 Å². The molecule has 3 fully saturated rings. The Balaban J connectivity index is 1.64. The highest BCUT2D eigenvalue weighted by Crippen LogP contribution is 2.53. The number of hydrogen-bond acceptors (Lipinski definition) is 5. The average Bonchev–Trinajstić information content (AvgIpc) is 2.68. The zero-order valence-electron chi connectivity index (χ0n) is 16.7. The molecule has 0 saturated heterocycles. The van der Waals surface area contributed by atoms with Crippen LogP contribution in [0.3, 0.4) is 0 Å². The first kappa shape index (κ1) is 21.6. The SMILES string of the molecule is NC(N)=NC(CCCB(O)O)NC(=O)c1ccc(C23CCC(O)(CC2)CC3)cc1. The van der Waals surface area contributed by atoms with E-state index < -0.39 is 18.9 Å². The van der Waals surface area contributed by atoms with Gasteiger partial charge in [0.05, 0.1) is 5.60 Å². The lowest BCUT2D eigenvalue weighted by Gasteiger charge is -2.51. The van der Waals surface area contributed by atoms with Crippen molar-refractivity contribution in [2.45, 2.75) is 74.9 Å². The molecule has 0 aliphatic heterocycles. The third-order valence-electron chi connectivity index (χ3n) is 6.51. The lowest BCUT2D eigenvalue weighted by atomic mass is 9.56. The van der Waals surface area contributed by atoms with Gasteiger partial charge in [-0.15, -0.1) is 0 Å². The summed E-state index contributed by atoms with van der Waals surface area (Å²) in [4.78, 5) is 16.6. The van der Waals surface area contributed by atoms with Gasteiger partial charge in [0, 0.05) is 5.56 Å². The third kappa shape index (κ3) is 5.29. The Labute approximate surface area is 171 Å². The summed E-state index contributed by atoms with van der Waals surface area (Å²) in [6, 6.07) is 7.67. The van der Waals surface area contributed by atoms with Gasteiger partial charge in [0.25, 0.3) is 5.91 Å². The summed E-state index contributed by atoms with van der Waals surface area (Å²) >= 11 is 0. The highest BCUT2D eigenvalue weighted by molar-refractivity contribution is 6.40. The molecule has 0 spiro atoms. The van der Waals surface area contributed by atoms with Crippen LogP contribution in [-0.2, 0) is 5.41 Å². The third-order valence-corrected chi connectivity index (χ3v) is 6.51. The molecule has 158 valence electrons. The van der Waals surface area contributed by atoms with Crippen molar-refractivity contribution in [2.24, 2.45) is 16.5 Å². The monoisotopic (exact) mass is 402 g/mol. The summed E-state index contributed by atoms with van der Waals surface area (Å²) in [5, 5.41) is 31.2. The number of amides is 1. The number of nitrogens with two attached hydrogens (primary N) is 2. The normalized spacial score (nSPS) is 26.6. The first-order valence-corrected chi connectivity index (χ1v) is 10.3. The number of fused-ring (bicyclic) bond motifs is 3. The van der Waals surface area contributed by atoms with Crippen molar-refractivity contribution in [1.29, 1.82) is 0 Å². The Morgan fingerprint density at radius 1 is 1.10 bits per heavy atom. The van der Waals surface area contributed by atoms with E-state index in [0.717, 1.165) is 38.5 Å². The van der Waals surface area contributed by atoms with Crippen LogP contribution in [0.5, 0.6) is 0 Å². The van der Waals surface area contributed by atoms with Crippen LogP contribution in [0.15, 0.2) is 29.3 Å². The van der Waals surface area contributed by atoms with Crippen molar-refractivity contribution < 1.29 is 19.9 Å². The van der Waals surface area contributed by atoms with E-state index in [4.69, 9.17) is 21.5 Å². The Bertz CT molecular complexity index is 725. The molecule has 8 N–H and O–H groups in total. The Kier molecular flexibility index (Phi) is 6.50. The standard InChI is InChI=1S/C20H31BN4O4/c22-18(23)25-16(2-1-13-21(28)29)24-17(26)14-3-5-15(6-4-14)19-7-10-20(27,11-8-19)12-9-19/h3-6,16,27-29H,1-2,7-13H2,(H,24,26)(H4,22,23,25). The van der Waals surface area contributed by atoms with Crippen LogP contribution in [0.4, 0.5) is 0 Å². The van der Waals surface area contributed by atoms with Crippen LogP contribution in [0.2, 0.25) is 6.32 Å². The molecular formula is C20H31BN4O4. The summed E-state index contributed by atoms with van der Waals surface area (Å²) in [6.45, 7) is 0. The second-order valence-corrected chi connectivity index (χ2v) is 8.54. The molecule has 9 heteroatoms. The molecule has 1 atom stereocenters. The zero-order chi connectivity index (χ0) is 21.1. The molecule has 3 saturated carbocycles. The van der Waals surface area contributed by atoms with E-state index >= 15 is 0 Å². The molecule has 1 unspecified atom stereocenters. The molecule has 1 amide bonds. The molecule has 1 aromatic rings. The highest BCUT2D eigenvalue weighted by atomic mass is 16.4. The Morgan fingerprint density at radius 2 is 1.69 bits per heavy atom. The van der Waals surface area contributed by atoms with Gasteiger partial charge in [0.15, 0.2) is 5.96 Å². The van der Waals surface area contributed by atoms with E-state index in [0.29, 0.717) is 18.4 Å². The first-order chi connectivity index (χ1) is 13.7. The zero-order valence-corrected chi connectivity index (χ0v) is 16.7. The summed E-state index contributed by atoms with van der Waals surface area (Å²) in [7, 11) is -1.40. The highest BCUT2D eigenvalue weighted by Gasteiger charge is 2.48. The van der Waals surface area contributed by atoms with Crippen LogP contribution in [0.25, 0.3) is 0 Å². The topological polar surface area (TPSA) is 154 Å². The molecular weight excluding hydrogens is 371 g/mol. The molecule has 0 aromatic heterocycles. The average molecular weight is 402 g/mol. The summed E-state index contributed by atoms with van der Waals surface area (Å²) in [5.41, 5.74) is 12.3. The molecule has 2 bridgehead atoms. The van der Waals surface area contributed by atoms with Gasteiger partial charge in [-0.1, -0.05) is 18.6 Å². The fourth-order valence-corrected chi connectivity index (χ4v) is 4.65. The number of nitrogens with zero attached hydrogens (tertiary/aromatic N) is 1. The molecule has 0 radical (unpaired) electrons. The molecule has 3 aliphatic carbocycles.